The molecule has 82 valence electrons. The molecule has 0 heterocycles. The third-order valence-corrected chi connectivity index (χ3v) is 2.42. The van der Waals surface area contributed by atoms with Crippen LogP contribution in [0.25, 0.3) is 0 Å². The molecule has 0 aliphatic heterocycles. The quantitative estimate of drug-likeness (QED) is 0.438. The van der Waals surface area contributed by atoms with Crippen LogP contribution in [0.3, 0.4) is 0 Å². The Kier molecular flexibility index (Phi) is 3.80. The van der Waals surface area contributed by atoms with Gasteiger partial charge in [0.1, 0.15) is 5.75 Å². The fourth-order valence-corrected chi connectivity index (χ4v) is 1.76. The Balaban J connectivity index is 3.00. The van der Waals surface area contributed by atoms with E-state index in [1.165, 1.54) is 0 Å². The molecule has 0 saturated heterocycles. The Hall–Kier alpha value is -0.960. The van der Waals surface area contributed by atoms with Crippen molar-refractivity contribution in [3.05, 3.63) is 23.3 Å². The molecule has 0 N–H and O–H groups in total. The lowest BCUT2D eigenvalue weighted by Crippen LogP contribution is -2.16. The summed E-state index contributed by atoms with van der Waals surface area (Å²) in [5.74, 6) is 0.380. The van der Waals surface area contributed by atoms with E-state index in [0.29, 0.717) is 5.75 Å². The maximum Gasteiger partial charge on any atom is 0.313 e. The van der Waals surface area contributed by atoms with E-state index in [1.54, 1.807) is 0 Å². The number of carbonyl (C=O) groups is 1. The SMILES string of the molecule is Cc1cc([SH2+])cc(C)c1OC(=O)C(C)C. The zero-order chi connectivity index (χ0) is 11.6. The molecule has 1 rings (SSSR count). The molecule has 1 aromatic rings. The van der Waals surface area contributed by atoms with Crippen molar-refractivity contribution >= 4 is 18.6 Å². The van der Waals surface area contributed by atoms with E-state index in [-0.39, 0.29) is 11.9 Å². The van der Waals surface area contributed by atoms with E-state index < -0.39 is 0 Å². The molecule has 0 amide bonds. The number of esters is 1. The summed E-state index contributed by atoms with van der Waals surface area (Å²) >= 11 is 3.45. The first-order valence-corrected chi connectivity index (χ1v) is 5.46. The third kappa shape index (κ3) is 2.99. The van der Waals surface area contributed by atoms with Crippen molar-refractivity contribution < 1.29 is 9.53 Å². The highest BCUT2D eigenvalue weighted by atomic mass is 32.1. The van der Waals surface area contributed by atoms with Crippen LogP contribution >= 0.6 is 0 Å². The number of benzene rings is 1. The van der Waals surface area contributed by atoms with Crippen molar-refractivity contribution in [1.82, 2.24) is 0 Å². The average Bonchev–Trinajstić information content (AvgIpc) is 2.10. The molecule has 0 unspecified atom stereocenters. The number of rotatable bonds is 2. The van der Waals surface area contributed by atoms with Gasteiger partial charge in [0.2, 0.25) is 0 Å². The summed E-state index contributed by atoms with van der Waals surface area (Å²) in [6.07, 6.45) is 0. The number of carbonyl (C=O) groups excluding carboxylic acids is 1. The zero-order valence-corrected chi connectivity index (χ0v) is 10.5. The second kappa shape index (κ2) is 4.71. The summed E-state index contributed by atoms with van der Waals surface area (Å²) in [6, 6.07) is 3.87. The highest BCUT2D eigenvalue weighted by molar-refractivity contribution is 7.58. The highest BCUT2D eigenvalue weighted by Crippen LogP contribution is 2.25. The lowest BCUT2D eigenvalue weighted by atomic mass is 10.1. The van der Waals surface area contributed by atoms with E-state index in [4.69, 9.17) is 4.74 Å². The second-order valence-electron chi connectivity index (χ2n) is 4.01. The molecular weight excluding hydrogens is 208 g/mol. The Morgan fingerprint density at radius 2 is 1.73 bits per heavy atom. The highest BCUT2D eigenvalue weighted by Gasteiger charge is 2.14. The minimum absolute atomic E-state index is 0.105. The lowest BCUT2D eigenvalue weighted by molar-refractivity contribution is -0.137. The normalized spacial score (nSPS) is 10.5. The van der Waals surface area contributed by atoms with Crippen LogP contribution in [-0.4, -0.2) is 5.97 Å². The molecule has 0 fully saturated rings. The lowest BCUT2D eigenvalue weighted by Gasteiger charge is -2.11. The van der Waals surface area contributed by atoms with Crippen LogP contribution in [0, 0.1) is 19.8 Å². The molecule has 0 aromatic heterocycles. The Labute approximate surface area is 96.1 Å². The second-order valence-corrected chi connectivity index (χ2v) is 4.59. The van der Waals surface area contributed by atoms with E-state index in [1.807, 2.05) is 39.8 Å². The number of ether oxygens (including phenoxy) is 1. The minimum atomic E-state index is -0.192. The molecular formula is C12H17O2S+. The Morgan fingerprint density at radius 3 is 2.13 bits per heavy atom. The van der Waals surface area contributed by atoms with Crippen molar-refractivity contribution in [1.29, 1.82) is 0 Å². The Morgan fingerprint density at radius 1 is 1.27 bits per heavy atom. The van der Waals surface area contributed by atoms with Crippen molar-refractivity contribution in [2.24, 2.45) is 5.92 Å². The smallest absolute Gasteiger partial charge is 0.313 e. The molecule has 2 nitrogen and oxygen atoms in total. The summed E-state index contributed by atoms with van der Waals surface area (Å²) in [5.41, 5.74) is 1.93. The third-order valence-electron chi connectivity index (χ3n) is 2.13. The zero-order valence-electron chi connectivity index (χ0n) is 9.55. The van der Waals surface area contributed by atoms with Crippen LogP contribution in [0.5, 0.6) is 5.75 Å². The van der Waals surface area contributed by atoms with Crippen LogP contribution in [-0.2, 0) is 17.4 Å². The summed E-state index contributed by atoms with van der Waals surface area (Å²) in [7, 11) is 0. The van der Waals surface area contributed by atoms with Crippen LogP contribution in [0.15, 0.2) is 17.0 Å². The van der Waals surface area contributed by atoms with Crippen molar-refractivity contribution in [2.75, 3.05) is 0 Å². The number of hydrogen-bond acceptors (Lipinski definition) is 2. The minimum Gasteiger partial charge on any atom is -0.426 e. The van der Waals surface area contributed by atoms with Gasteiger partial charge in [-0.2, -0.15) is 0 Å². The summed E-state index contributed by atoms with van der Waals surface area (Å²) in [5, 5.41) is 0. The molecule has 0 saturated carbocycles. The average molecular weight is 225 g/mol. The van der Waals surface area contributed by atoms with Gasteiger partial charge in [-0.25, -0.2) is 0 Å². The molecule has 0 aliphatic rings. The monoisotopic (exact) mass is 225 g/mol. The van der Waals surface area contributed by atoms with E-state index in [0.717, 1.165) is 16.0 Å². The number of aryl methyl sites for hydroxylation is 2. The number of hydrogen-bond donors (Lipinski definition) is 0. The van der Waals surface area contributed by atoms with Gasteiger partial charge >= 0.3 is 5.97 Å². The predicted molar refractivity (Wildman–Crippen MR) is 64.8 cm³/mol. The van der Waals surface area contributed by atoms with Gasteiger partial charge in [-0.1, -0.05) is 13.8 Å². The van der Waals surface area contributed by atoms with Gasteiger partial charge < -0.3 is 4.74 Å². The van der Waals surface area contributed by atoms with Crippen LogP contribution in [0.2, 0.25) is 0 Å². The summed E-state index contributed by atoms with van der Waals surface area (Å²) < 4.78 is 5.33. The van der Waals surface area contributed by atoms with Gasteiger partial charge in [-0.3, -0.25) is 4.79 Å². The van der Waals surface area contributed by atoms with Crippen LogP contribution in [0.1, 0.15) is 25.0 Å². The first kappa shape index (κ1) is 12.1. The van der Waals surface area contributed by atoms with Gasteiger partial charge in [-0.05, 0) is 49.7 Å². The fourth-order valence-electron chi connectivity index (χ4n) is 1.33. The maximum atomic E-state index is 11.5. The van der Waals surface area contributed by atoms with Gasteiger partial charge in [0.05, 0.1) is 5.92 Å². The molecule has 1 aromatic carbocycles. The van der Waals surface area contributed by atoms with E-state index in [2.05, 4.69) is 12.6 Å². The van der Waals surface area contributed by atoms with Crippen LogP contribution in [0.4, 0.5) is 0 Å². The molecule has 0 atom stereocenters. The molecule has 0 spiro atoms. The van der Waals surface area contributed by atoms with E-state index >= 15 is 0 Å². The van der Waals surface area contributed by atoms with Gasteiger partial charge in [-0.15, -0.1) is 0 Å². The predicted octanol–water partition coefficient (Wildman–Crippen LogP) is 2.24. The standard InChI is InChI=1S/C12H16O2S/c1-7(2)12(13)14-11-8(3)5-10(15)6-9(11)4/h5-7,15H,1-4H3/p+1. The van der Waals surface area contributed by atoms with Crippen molar-refractivity contribution in [2.45, 2.75) is 32.6 Å². The molecule has 0 aliphatic carbocycles. The topological polar surface area (TPSA) is 26.3 Å². The van der Waals surface area contributed by atoms with Crippen molar-refractivity contribution in [3.8, 4) is 5.75 Å². The molecule has 0 radical (unpaired) electrons. The van der Waals surface area contributed by atoms with Gasteiger partial charge in [0.15, 0.2) is 4.90 Å². The first-order valence-electron chi connectivity index (χ1n) is 4.96. The fraction of sp³-hybridized carbons (Fsp3) is 0.417. The first-order chi connectivity index (χ1) is 6.91. The van der Waals surface area contributed by atoms with Crippen molar-refractivity contribution in [3.63, 3.8) is 0 Å². The molecule has 0 bridgehead atoms. The molecule has 15 heavy (non-hydrogen) atoms. The summed E-state index contributed by atoms with van der Waals surface area (Å²) in [6.45, 7) is 7.51. The largest absolute Gasteiger partial charge is 0.426 e. The van der Waals surface area contributed by atoms with Gasteiger partial charge in [0, 0.05) is 0 Å². The van der Waals surface area contributed by atoms with E-state index in [9.17, 15) is 4.79 Å². The molecule has 3 heteroatoms. The summed E-state index contributed by atoms with van der Waals surface area (Å²) in [4.78, 5) is 12.5. The van der Waals surface area contributed by atoms with Crippen LogP contribution < -0.4 is 4.74 Å². The van der Waals surface area contributed by atoms with Gasteiger partial charge in [0.25, 0.3) is 0 Å². The maximum absolute atomic E-state index is 11.5. The Bertz CT molecular complexity index is 360.